The minimum absolute atomic E-state index is 0.165. The van der Waals surface area contributed by atoms with Gasteiger partial charge in [0.2, 0.25) is 0 Å². The summed E-state index contributed by atoms with van der Waals surface area (Å²) in [5.74, 6) is -1.82. The summed E-state index contributed by atoms with van der Waals surface area (Å²) in [6.07, 6.45) is 1.20. The first-order valence-corrected chi connectivity index (χ1v) is 7.45. The molecule has 0 bridgehead atoms. The third kappa shape index (κ3) is 2.02. The number of hydrogen-bond acceptors (Lipinski definition) is 3. The van der Waals surface area contributed by atoms with Gasteiger partial charge in [-0.3, -0.25) is 0 Å². The minimum atomic E-state index is -4.11. The summed E-state index contributed by atoms with van der Waals surface area (Å²) in [5.41, 5.74) is 0. The van der Waals surface area contributed by atoms with Gasteiger partial charge in [-0.2, -0.15) is 5.26 Å². The molecule has 19 heavy (non-hydrogen) atoms. The van der Waals surface area contributed by atoms with Gasteiger partial charge in [0.05, 0.1) is 6.07 Å². The molecule has 1 aromatic rings. The maximum absolute atomic E-state index is 13.6. The van der Waals surface area contributed by atoms with Crippen LogP contribution in [0.25, 0.3) is 0 Å². The normalized spacial score (nSPS) is 26.5. The molecule has 0 aliphatic heterocycles. The van der Waals surface area contributed by atoms with E-state index in [1.54, 1.807) is 0 Å². The predicted molar refractivity (Wildman–Crippen MR) is 64.9 cm³/mol. The quantitative estimate of drug-likeness (QED) is 0.802. The van der Waals surface area contributed by atoms with Gasteiger partial charge in [-0.1, -0.05) is 13.3 Å². The van der Waals surface area contributed by atoms with Crippen LogP contribution in [0.4, 0.5) is 8.78 Å². The highest BCUT2D eigenvalue weighted by atomic mass is 32.2. The van der Waals surface area contributed by atoms with E-state index in [9.17, 15) is 17.2 Å². The minimum Gasteiger partial charge on any atom is -0.222 e. The van der Waals surface area contributed by atoms with E-state index in [0.29, 0.717) is 6.07 Å². The molecule has 1 saturated carbocycles. The summed E-state index contributed by atoms with van der Waals surface area (Å²) in [6, 6.07) is 4.11. The van der Waals surface area contributed by atoms with Gasteiger partial charge in [-0.15, -0.1) is 0 Å². The lowest BCUT2D eigenvalue weighted by Crippen LogP contribution is -2.49. The van der Waals surface area contributed by atoms with Crippen LogP contribution in [0.5, 0.6) is 0 Å². The SMILES string of the molecule is CCC1CC(C#N)(S(=O)(=O)c2ccc(F)cc2F)C1. The highest BCUT2D eigenvalue weighted by Crippen LogP contribution is 2.47. The number of nitriles is 1. The Labute approximate surface area is 110 Å². The van der Waals surface area contributed by atoms with E-state index in [1.165, 1.54) is 0 Å². The first-order chi connectivity index (χ1) is 8.86. The van der Waals surface area contributed by atoms with Gasteiger partial charge in [0, 0.05) is 6.07 Å². The van der Waals surface area contributed by atoms with Gasteiger partial charge in [0.25, 0.3) is 0 Å². The Kier molecular flexibility index (Phi) is 3.35. The smallest absolute Gasteiger partial charge is 0.200 e. The molecule has 0 radical (unpaired) electrons. The molecule has 1 aromatic carbocycles. The zero-order valence-corrected chi connectivity index (χ0v) is 11.2. The van der Waals surface area contributed by atoms with Crippen molar-refractivity contribution in [2.45, 2.75) is 35.8 Å². The fourth-order valence-electron chi connectivity index (χ4n) is 2.44. The summed E-state index contributed by atoms with van der Waals surface area (Å²) in [4.78, 5) is -0.593. The van der Waals surface area contributed by atoms with Crippen molar-refractivity contribution >= 4 is 9.84 Å². The van der Waals surface area contributed by atoms with E-state index in [1.807, 2.05) is 13.0 Å². The molecule has 0 spiro atoms. The van der Waals surface area contributed by atoms with Gasteiger partial charge < -0.3 is 0 Å². The summed E-state index contributed by atoms with van der Waals surface area (Å²) in [7, 11) is -4.11. The first kappa shape index (κ1) is 13.9. The molecular weight excluding hydrogens is 272 g/mol. The van der Waals surface area contributed by atoms with Crippen molar-refractivity contribution in [2.75, 3.05) is 0 Å². The van der Waals surface area contributed by atoms with E-state index in [-0.39, 0.29) is 18.8 Å². The molecule has 0 aromatic heterocycles. The van der Waals surface area contributed by atoms with Crippen LogP contribution in [0, 0.1) is 28.9 Å². The second-order valence-corrected chi connectivity index (χ2v) is 7.09. The largest absolute Gasteiger partial charge is 0.222 e. The van der Waals surface area contributed by atoms with E-state index < -0.39 is 31.1 Å². The first-order valence-electron chi connectivity index (χ1n) is 5.97. The van der Waals surface area contributed by atoms with Crippen molar-refractivity contribution in [3.8, 4) is 6.07 Å². The van der Waals surface area contributed by atoms with Gasteiger partial charge in [0.1, 0.15) is 16.5 Å². The molecule has 1 aliphatic rings. The Morgan fingerprint density at radius 1 is 1.42 bits per heavy atom. The third-order valence-corrected chi connectivity index (χ3v) is 6.08. The Hall–Kier alpha value is -1.48. The molecule has 3 nitrogen and oxygen atoms in total. The summed E-state index contributed by atoms with van der Waals surface area (Å²) >= 11 is 0. The third-order valence-electron chi connectivity index (χ3n) is 3.72. The topological polar surface area (TPSA) is 57.9 Å². The number of sulfone groups is 1. The molecular formula is C13H13F2NO2S. The average molecular weight is 285 g/mol. The summed E-state index contributed by atoms with van der Waals surface area (Å²) < 4.78 is 49.6. The maximum atomic E-state index is 13.6. The van der Waals surface area contributed by atoms with Crippen LogP contribution in [0.3, 0.4) is 0 Å². The fraction of sp³-hybridized carbons (Fsp3) is 0.462. The molecule has 6 heteroatoms. The fourth-order valence-corrected chi connectivity index (χ4v) is 4.45. The zero-order valence-electron chi connectivity index (χ0n) is 10.4. The molecule has 0 unspecified atom stereocenters. The number of rotatable bonds is 3. The van der Waals surface area contributed by atoms with Crippen molar-refractivity contribution in [2.24, 2.45) is 5.92 Å². The van der Waals surface area contributed by atoms with E-state index in [2.05, 4.69) is 0 Å². The molecule has 1 fully saturated rings. The Bertz CT molecular complexity index is 643. The Balaban J connectivity index is 2.46. The molecule has 0 amide bonds. The lowest BCUT2D eigenvalue weighted by Gasteiger charge is -2.41. The van der Waals surface area contributed by atoms with E-state index in [0.717, 1.165) is 18.6 Å². The second kappa shape index (κ2) is 4.57. The molecule has 2 rings (SSSR count). The number of nitrogens with zero attached hydrogens (tertiary/aromatic N) is 1. The van der Waals surface area contributed by atoms with Crippen molar-refractivity contribution < 1.29 is 17.2 Å². The maximum Gasteiger partial charge on any atom is 0.200 e. The van der Waals surface area contributed by atoms with Crippen molar-refractivity contribution in [3.63, 3.8) is 0 Å². The zero-order chi connectivity index (χ0) is 14.3. The molecule has 0 heterocycles. The number of hydrogen-bond donors (Lipinski definition) is 0. The highest BCUT2D eigenvalue weighted by molar-refractivity contribution is 7.93. The number of halogens is 2. The van der Waals surface area contributed by atoms with Crippen molar-refractivity contribution in [3.05, 3.63) is 29.8 Å². The molecule has 0 saturated heterocycles. The summed E-state index contributed by atoms with van der Waals surface area (Å²) in [5, 5.41) is 9.17. The van der Waals surface area contributed by atoms with Gasteiger partial charge >= 0.3 is 0 Å². The lowest BCUT2D eigenvalue weighted by atomic mass is 9.73. The van der Waals surface area contributed by atoms with Crippen LogP contribution in [0.2, 0.25) is 0 Å². The predicted octanol–water partition coefficient (Wildman–Crippen LogP) is 2.82. The second-order valence-electron chi connectivity index (χ2n) is 4.87. The van der Waals surface area contributed by atoms with Gasteiger partial charge in [0.15, 0.2) is 14.6 Å². The van der Waals surface area contributed by atoms with Crippen LogP contribution in [0.1, 0.15) is 26.2 Å². The van der Waals surface area contributed by atoms with Crippen LogP contribution in [0.15, 0.2) is 23.1 Å². The highest BCUT2D eigenvalue weighted by Gasteiger charge is 2.55. The Morgan fingerprint density at radius 3 is 2.53 bits per heavy atom. The van der Waals surface area contributed by atoms with E-state index >= 15 is 0 Å². The standard InChI is InChI=1S/C13H13F2NO2S/c1-2-9-6-13(7-9,8-16)19(17,18)12-4-3-10(14)5-11(12)15/h3-5,9H,2,6-7H2,1H3. The van der Waals surface area contributed by atoms with Crippen LogP contribution in [-0.4, -0.2) is 13.2 Å². The molecule has 1 aliphatic carbocycles. The number of benzene rings is 1. The molecule has 0 atom stereocenters. The molecule has 102 valence electrons. The molecule has 0 N–H and O–H groups in total. The Morgan fingerprint density at radius 2 is 2.05 bits per heavy atom. The van der Waals surface area contributed by atoms with Crippen LogP contribution in [-0.2, 0) is 9.84 Å². The monoisotopic (exact) mass is 285 g/mol. The summed E-state index contributed by atoms with van der Waals surface area (Å²) in [6.45, 7) is 1.91. The van der Waals surface area contributed by atoms with Crippen molar-refractivity contribution in [1.29, 1.82) is 5.26 Å². The van der Waals surface area contributed by atoms with Gasteiger partial charge in [-0.25, -0.2) is 17.2 Å². The van der Waals surface area contributed by atoms with Gasteiger partial charge in [-0.05, 0) is 30.9 Å². The average Bonchev–Trinajstić information content (AvgIpc) is 2.27. The van der Waals surface area contributed by atoms with Crippen LogP contribution >= 0.6 is 0 Å². The van der Waals surface area contributed by atoms with Crippen LogP contribution < -0.4 is 0 Å². The van der Waals surface area contributed by atoms with E-state index in [4.69, 9.17) is 5.26 Å². The van der Waals surface area contributed by atoms with Crippen molar-refractivity contribution in [1.82, 2.24) is 0 Å². The lowest BCUT2D eigenvalue weighted by molar-refractivity contribution is 0.256.